The minimum Gasteiger partial charge on any atom is -0.351 e. The van der Waals surface area contributed by atoms with E-state index in [0.29, 0.717) is 12.5 Å². The lowest BCUT2D eigenvalue weighted by Crippen LogP contribution is -2.42. The Morgan fingerprint density at radius 3 is 2.70 bits per heavy atom. The lowest BCUT2D eigenvalue weighted by molar-refractivity contribution is 0.229. The van der Waals surface area contributed by atoms with E-state index in [1.54, 1.807) is 16.2 Å². The summed E-state index contributed by atoms with van der Waals surface area (Å²) in [7, 11) is 0. The van der Waals surface area contributed by atoms with E-state index in [4.69, 9.17) is 5.73 Å². The Hall–Kier alpha value is -1.14. The van der Waals surface area contributed by atoms with Gasteiger partial charge in [0, 0.05) is 24.2 Å². The highest BCUT2D eigenvalue weighted by molar-refractivity contribution is 7.15. The fraction of sp³-hybridized carbons (Fsp3) is 0.714. The summed E-state index contributed by atoms with van der Waals surface area (Å²) in [5, 5.41) is 0.721. The molecule has 6 heteroatoms. The number of piperidine rings is 1. The van der Waals surface area contributed by atoms with E-state index in [0.717, 1.165) is 24.8 Å². The molecule has 2 heterocycles. The number of carbonyl (C=O) groups is 1. The summed E-state index contributed by atoms with van der Waals surface area (Å²) in [5.74, 6) is 0.429. The van der Waals surface area contributed by atoms with E-state index in [1.807, 2.05) is 6.20 Å². The highest BCUT2D eigenvalue weighted by Crippen LogP contribution is 2.27. The van der Waals surface area contributed by atoms with E-state index in [-0.39, 0.29) is 0 Å². The lowest BCUT2D eigenvalue weighted by atomic mass is 10.1. The summed E-state index contributed by atoms with van der Waals surface area (Å²) in [6, 6.07) is -0.410. The van der Waals surface area contributed by atoms with Crippen molar-refractivity contribution in [1.82, 2.24) is 9.88 Å². The molecule has 0 atom stereocenters. The normalized spacial score (nSPS) is 16.6. The first-order valence-corrected chi connectivity index (χ1v) is 8.14. The first kappa shape index (κ1) is 15.3. The van der Waals surface area contributed by atoms with Gasteiger partial charge in [0.05, 0.1) is 0 Å². The lowest BCUT2D eigenvalue weighted by Gasteiger charge is -2.28. The minimum absolute atomic E-state index is 0.410. The maximum Gasteiger partial charge on any atom is 0.321 e. The summed E-state index contributed by atoms with van der Waals surface area (Å²) in [6.45, 7) is 8.00. The molecule has 2 rings (SSSR count). The molecule has 112 valence electrons. The average molecular weight is 296 g/mol. The highest BCUT2D eigenvalue weighted by atomic mass is 32.1. The van der Waals surface area contributed by atoms with Crippen LogP contribution >= 0.6 is 11.3 Å². The van der Waals surface area contributed by atoms with Crippen molar-refractivity contribution >= 4 is 22.5 Å². The predicted octanol–water partition coefficient (Wildman–Crippen LogP) is 2.64. The molecule has 1 aromatic rings. The molecule has 1 saturated heterocycles. The smallest absolute Gasteiger partial charge is 0.321 e. The van der Waals surface area contributed by atoms with Gasteiger partial charge >= 0.3 is 6.03 Å². The molecule has 5 nitrogen and oxygen atoms in total. The van der Waals surface area contributed by atoms with Crippen LogP contribution in [-0.2, 0) is 0 Å². The molecule has 1 aromatic heterocycles. The topological polar surface area (TPSA) is 62.5 Å². The van der Waals surface area contributed by atoms with E-state index in [2.05, 4.69) is 23.7 Å². The van der Waals surface area contributed by atoms with Crippen LogP contribution in [0.15, 0.2) is 6.20 Å². The largest absolute Gasteiger partial charge is 0.351 e. The van der Waals surface area contributed by atoms with Gasteiger partial charge in [-0.25, -0.2) is 9.78 Å². The Kier molecular flexibility index (Phi) is 5.37. The molecule has 0 unspecified atom stereocenters. The number of thiazole rings is 1. The number of nitrogens with two attached hydrogens (primary N) is 1. The molecule has 1 fully saturated rings. The predicted molar refractivity (Wildman–Crippen MR) is 83.4 cm³/mol. The summed E-state index contributed by atoms with van der Waals surface area (Å²) in [6.07, 6.45) is 5.68. The SMILES string of the molecule is CC(C)c1cnc(N(CCN2CCCCC2)C(N)=O)s1. The van der Waals surface area contributed by atoms with Crippen molar-refractivity contribution in [2.45, 2.75) is 39.0 Å². The molecule has 0 aromatic carbocycles. The number of anilines is 1. The third-order valence-corrected chi connectivity index (χ3v) is 4.99. The Morgan fingerprint density at radius 1 is 1.45 bits per heavy atom. The molecule has 0 bridgehead atoms. The summed E-state index contributed by atoms with van der Waals surface area (Å²) >= 11 is 1.56. The molecular formula is C14H24N4OS. The van der Waals surface area contributed by atoms with E-state index >= 15 is 0 Å². The molecule has 2 amide bonds. The van der Waals surface area contributed by atoms with Gasteiger partial charge in [0.1, 0.15) is 0 Å². The first-order valence-electron chi connectivity index (χ1n) is 7.33. The molecule has 1 aliphatic rings. The number of aromatic nitrogens is 1. The molecule has 2 N–H and O–H groups in total. The van der Waals surface area contributed by atoms with E-state index in [9.17, 15) is 4.79 Å². The number of hydrogen-bond acceptors (Lipinski definition) is 4. The van der Waals surface area contributed by atoms with E-state index < -0.39 is 6.03 Å². The van der Waals surface area contributed by atoms with Crippen LogP contribution in [0.2, 0.25) is 0 Å². The van der Waals surface area contributed by atoms with Crippen LogP contribution in [0, 0.1) is 0 Å². The van der Waals surface area contributed by atoms with Crippen LogP contribution in [-0.4, -0.2) is 42.1 Å². The number of amides is 2. The van der Waals surface area contributed by atoms with Gasteiger partial charge in [0.15, 0.2) is 5.13 Å². The van der Waals surface area contributed by atoms with Crippen molar-refractivity contribution in [3.8, 4) is 0 Å². The Bertz CT molecular complexity index is 440. The second kappa shape index (κ2) is 7.04. The highest BCUT2D eigenvalue weighted by Gasteiger charge is 2.19. The molecular weight excluding hydrogens is 272 g/mol. The standard InChI is InChI=1S/C14H24N4OS/c1-11(2)12-10-16-14(20-12)18(13(15)19)9-8-17-6-4-3-5-7-17/h10-11H,3-9H2,1-2H3,(H2,15,19). The van der Waals surface area contributed by atoms with Gasteiger partial charge < -0.3 is 10.6 Å². The molecule has 0 saturated carbocycles. The number of rotatable bonds is 5. The zero-order valence-corrected chi connectivity index (χ0v) is 13.2. The second-order valence-corrected chi connectivity index (χ2v) is 6.63. The number of hydrogen-bond donors (Lipinski definition) is 1. The van der Waals surface area contributed by atoms with Gasteiger partial charge in [-0.15, -0.1) is 11.3 Å². The number of primary amides is 1. The Balaban J connectivity index is 1.97. The molecule has 20 heavy (non-hydrogen) atoms. The third kappa shape index (κ3) is 3.93. The number of carbonyl (C=O) groups excluding carboxylic acids is 1. The van der Waals surface area contributed by atoms with Crippen LogP contribution in [0.5, 0.6) is 0 Å². The number of urea groups is 1. The monoisotopic (exact) mass is 296 g/mol. The van der Waals surface area contributed by atoms with Gasteiger partial charge in [-0.05, 0) is 31.8 Å². The van der Waals surface area contributed by atoms with Gasteiger partial charge in [0.25, 0.3) is 0 Å². The summed E-state index contributed by atoms with van der Waals surface area (Å²) < 4.78 is 0. The van der Waals surface area contributed by atoms with Crippen LogP contribution in [0.4, 0.5) is 9.93 Å². The second-order valence-electron chi connectivity index (χ2n) is 5.59. The van der Waals surface area contributed by atoms with Gasteiger partial charge in [0.2, 0.25) is 0 Å². The van der Waals surface area contributed by atoms with Crippen LogP contribution in [0.3, 0.4) is 0 Å². The van der Waals surface area contributed by atoms with Crippen molar-refractivity contribution < 1.29 is 4.79 Å². The average Bonchev–Trinajstić information content (AvgIpc) is 2.89. The van der Waals surface area contributed by atoms with Crippen LogP contribution < -0.4 is 10.6 Å². The first-order chi connectivity index (χ1) is 9.58. The minimum atomic E-state index is -0.410. The van der Waals surface area contributed by atoms with Gasteiger partial charge in [-0.3, -0.25) is 4.90 Å². The van der Waals surface area contributed by atoms with Gasteiger partial charge in [-0.1, -0.05) is 20.3 Å². The number of nitrogens with zero attached hydrogens (tertiary/aromatic N) is 3. The van der Waals surface area contributed by atoms with Crippen molar-refractivity contribution in [1.29, 1.82) is 0 Å². The molecule has 0 radical (unpaired) electrons. The van der Waals surface area contributed by atoms with E-state index in [1.165, 1.54) is 24.1 Å². The molecule has 0 spiro atoms. The Labute approximate surface area is 124 Å². The fourth-order valence-electron chi connectivity index (χ4n) is 2.39. The van der Waals surface area contributed by atoms with Crippen molar-refractivity contribution in [2.24, 2.45) is 5.73 Å². The maximum atomic E-state index is 11.6. The van der Waals surface area contributed by atoms with Crippen LogP contribution in [0.25, 0.3) is 0 Å². The summed E-state index contributed by atoms with van der Waals surface area (Å²) in [5.41, 5.74) is 5.50. The quantitative estimate of drug-likeness (QED) is 0.908. The van der Waals surface area contributed by atoms with Crippen molar-refractivity contribution in [3.05, 3.63) is 11.1 Å². The van der Waals surface area contributed by atoms with Crippen LogP contribution in [0.1, 0.15) is 43.9 Å². The van der Waals surface area contributed by atoms with Crippen molar-refractivity contribution in [3.63, 3.8) is 0 Å². The Morgan fingerprint density at radius 2 is 2.15 bits per heavy atom. The van der Waals surface area contributed by atoms with Gasteiger partial charge in [-0.2, -0.15) is 0 Å². The summed E-state index contributed by atoms with van der Waals surface area (Å²) in [4.78, 5) is 21.2. The maximum absolute atomic E-state index is 11.6. The molecule has 0 aliphatic carbocycles. The third-order valence-electron chi connectivity index (χ3n) is 3.67. The molecule has 1 aliphatic heterocycles. The fourth-order valence-corrected chi connectivity index (χ4v) is 3.34. The zero-order chi connectivity index (χ0) is 14.5. The van der Waals surface area contributed by atoms with Crippen molar-refractivity contribution in [2.75, 3.05) is 31.1 Å². The zero-order valence-electron chi connectivity index (χ0n) is 12.3. The number of likely N-dealkylation sites (tertiary alicyclic amines) is 1.